The molecule has 1 saturated heterocycles. The molecule has 1 saturated carbocycles. The van der Waals surface area contributed by atoms with Crippen LogP contribution < -0.4 is 5.32 Å². The van der Waals surface area contributed by atoms with E-state index in [1.807, 2.05) is 0 Å². The third-order valence-electron chi connectivity index (χ3n) is 4.67. The molecular formula is C14H28N2O2. The first kappa shape index (κ1) is 14.3. The Labute approximate surface area is 111 Å². The molecule has 2 aliphatic rings. The predicted molar refractivity (Wildman–Crippen MR) is 72.5 cm³/mol. The van der Waals surface area contributed by atoms with Crippen LogP contribution in [0.15, 0.2) is 0 Å². The Kier molecular flexibility index (Phi) is 5.42. The minimum absolute atomic E-state index is 0.111. The molecule has 1 aliphatic heterocycles. The number of hydrogen-bond donors (Lipinski definition) is 1. The van der Waals surface area contributed by atoms with Crippen LogP contribution in [0.5, 0.6) is 0 Å². The highest BCUT2D eigenvalue weighted by Crippen LogP contribution is 2.35. The third kappa shape index (κ3) is 3.67. The second kappa shape index (κ2) is 6.85. The molecule has 4 heteroatoms. The molecule has 3 unspecified atom stereocenters. The maximum absolute atomic E-state index is 5.22. The highest BCUT2D eigenvalue weighted by Gasteiger charge is 2.33. The minimum Gasteiger partial charge on any atom is -0.355 e. The normalized spacial score (nSPS) is 33.7. The van der Waals surface area contributed by atoms with Gasteiger partial charge in [0.25, 0.3) is 0 Å². The van der Waals surface area contributed by atoms with Crippen LogP contribution in [0.3, 0.4) is 0 Å². The molecule has 18 heavy (non-hydrogen) atoms. The monoisotopic (exact) mass is 256 g/mol. The van der Waals surface area contributed by atoms with Crippen molar-refractivity contribution in [3.8, 4) is 0 Å². The summed E-state index contributed by atoms with van der Waals surface area (Å²) in [5.74, 6) is 1.86. The molecule has 0 spiro atoms. The van der Waals surface area contributed by atoms with Crippen molar-refractivity contribution in [3.05, 3.63) is 0 Å². The Balaban J connectivity index is 1.73. The number of nitrogens with one attached hydrogen (secondary N) is 1. The number of hydrogen-bond acceptors (Lipinski definition) is 4. The molecule has 1 aliphatic carbocycles. The first-order valence-electron chi connectivity index (χ1n) is 7.20. The number of rotatable bonds is 5. The summed E-state index contributed by atoms with van der Waals surface area (Å²) >= 11 is 0. The van der Waals surface area contributed by atoms with Gasteiger partial charge in [-0.1, -0.05) is 0 Å². The summed E-state index contributed by atoms with van der Waals surface area (Å²) in [5, 5.41) is 3.60. The Morgan fingerprint density at radius 1 is 1.17 bits per heavy atom. The molecule has 0 aromatic carbocycles. The topological polar surface area (TPSA) is 33.7 Å². The highest BCUT2D eigenvalue weighted by atomic mass is 16.7. The SMILES string of the molecule is COC(CNC1CCC2CN(C)CCC2C1)OC. The number of piperidine rings is 1. The number of ether oxygens (including phenoxy) is 2. The quantitative estimate of drug-likeness (QED) is 0.752. The minimum atomic E-state index is -0.111. The van der Waals surface area contributed by atoms with Gasteiger partial charge in [-0.3, -0.25) is 0 Å². The number of methoxy groups -OCH3 is 2. The molecule has 1 heterocycles. The van der Waals surface area contributed by atoms with Gasteiger partial charge in [-0.05, 0) is 51.1 Å². The lowest BCUT2D eigenvalue weighted by molar-refractivity contribution is -0.101. The zero-order valence-corrected chi connectivity index (χ0v) is 12.0. The zero-order chi connectivity index (χ0) is 13.0. The van der Waals surface area contributed by atoms with Crippen molar-refractivity contribution >= 4 is 0 Å². The maximum Gasteiger partial charge on any atom is 0.169 e. The van der Waals surface area contributed by atoms with Crippen LogP contribution in [0.4, 0.5) is 0 Å². The van der Waals surface area contributed by atoms with Gasteiger partial charge >= 0.3 is 0 Å². The third-order valence-corrected chi connectivity index (χ3v) is 4.67. The summed E-state index contributed by atoms with van der Waals surface area (Å²) in [6.07, 6.45) is 5.27. The molecule has 0 bridgehead atoms. The van der Waals surface area contributed by atoms with Crippen LogP contribution in [-0.4, -0.2) is 58.1 Å². The van der Waals surface area contributed by atoms with E-state index in [0.717, 1.165) is 18.4 Å². The summed E-state index contributed by atoms with van der Waals surface area (Å²) in [6, 6.07) is 0.655. The van der Waals surface area contributed by atoms with E-state index in [-0.39, 0.29) is 6.29 Å². The number of fused-ring (bicyclic) bond motifs is 1. The highest BCUT2D eigenvalue weighted by molar-refractivity contribution is 4.88. The van der Waals surface area contributed by atoms with Gasteiger partial charge < -0.3 is 19.7 Å². The molecule has 2 fully saturated rings. The molecule has 0 aromatic heterocycles. The zero-order valence-electron chi connectivity index (χ0n) is 12.0. The second-order valence-corrected chi connectivity index (χ2v) is 5.89. The van der Waals surface area contributed by atoms with Gasteiger partial charge in [0.05, 0.1) is 0 Å². The van der Waals surface area contributed by atoms with Crippen molar-refractivity contribution in [2.75, 3.05) is 40.9 Å². The van der Waals surface area contributed by atoms with Gasteiger partial charge in [0, 0.05) is 33.4 Å². The van der Waals surface area contributed by atoms with E-state index in [1.54, 1.807) is 14.2 Å². The van der Waals surface area contributed by atoms with E-state index in [4.69, 9.17) is 9.47 Å². The van der Waals surface area contributed by atoms with E-state index in [1.165, 1.54) is 38.8 Å². The first-order chi connectivity index (χ1) is 8.72. The molecule has 106 valence electrons. The van der Waals surface area contributed by atoms with Crippen molar-refractivity contribution in [2.24, 2.45) is 11.8 Å². The lowest BCUT2D eigenvalue weighted by atomic mass is 9.73. The van der Waals surface area contributed by atoms with E-state index in [0.29, 0.717) is 6.04 Å². The lowest BCUT2D eigenvalue weighted by Crippen LogP contribution is -2.46. The van der Waals surface area contributed by atoms with Crippen molar-refractivity contribution in [3.63, 3.8) is 0 Å². The Morgan fingerprint density at radius 3 is 2.67 bits per heavy atom. The van der Waals surface area contributed by atoms with Gasteiger partial charge in [0.15, 0.2) is 6.29 Å². The average Bonchev–Trinajstić information content (AvgIpc) is 2.40. The van der Waals surface area contributed by atoms with Crippen LogP contribution in [-0.2, 0) is 9.47 Å². The van der Waals surface area contributed by atoms with Crippen molar-refractivity contribution in [2.45, 2.75) is 38.0 Å². The largest absolute Gasteiger partial charge is 0.355 e. The first-order valence-corrected chi connectivity index (χ1v) is 7.20. The summed E-state index contributed by atoms with van der Waals surface area (Å²) in [6.45, 7) is 3.37. The van der Waals surface area contributed by atoms with E-state index < -0.39 is 0 Å². The standard InChI is InChI=1S/C14H28N2O2/c1-16-7-6-11-8-13(5-4-12(11)10-16)15-9-14(17-2)18-3/h11-15H,4-10H2,1-3H3. The molecule has 0 amide bonds. The fraction of sp³-hybridized carbons (Fsp3) is 1.00. The van der Waals surface area contributed by atoms with Crippen LogP contribution in [0.1, 0.15) is 25.7 Å². The lowest BCUT2D eigenvalue weighted by Gasteiger charge is -2.43. The van der Waals surface area contributed by atoms with Crippen LogP contribution in [0.25, 0.3) is 0 Å². The van der Waals surface area contributed by atoms with Crippen molar-refractivity contribution in [1.29, 1.82) is 0 Å². The molecule has 1 N–H and O–H groups in total. The van der Waals surface area contributed by atoms with Crippen molar-refractivity contribution in [1.82, 2.24) is 10.2 Å². The van der Waals surface area contributed by atoms with Gasteiger partial charge in [0.1, 0.15) is 0 Å². The van der Waals surface area contributed by atoms with Gasteiger partial charge in [0.2, 0.25) is 0 Å². The van der Waals surface area contributed by atoms with Crippen molar-refractivity contribution < 1.29 is 9.47 Å². The smallest absolute Gasteiger partial charge is 0.169 e. The average molecular weight is 256 g/mol. The Morgan fingerprint density at radius 2 is 1.94 bits per heavy atom. The van der Waals surface area contributed by atoms with E-state index in [2.05, 4.69) is 17.3 Å². The molecule has 4 nitrogen and oxygen atoms in total. The number of likely N-dealkylation sites (tertiary alicyclic amines) is 1. The summed E-state index contributed by atoms with van der Waals surface area (Å²) in [4.78, 5) is 2.49. The number of nitrogens with zero attached hydrogens (tertiary/aromatic N) is 1. The van der Waals surface area contributed by atoms with E-state index >= 15 is 0 Å². The van der Waals surface area contributed by atoms with Gasteiger partial charge in [-0.15, -0.1) is 0 Å². The second-order valence-electron chi connectivity index (χ2n) is 5.89. The molecular weight excluding hydrogens is 228 g/mol. The Hall–Kier alpha value is -0.160. The van der Waals surface area contributed by atoms with Crippen LogP contribution in [0.2, 0.25) is 0 Å². The molecule has 0 aromatic rings. The summed E-state index contributed by atoms with van der Waals surface area (Å²) in [5.41, 5.74) is 0. The predicted octanol–water partition coefficient (Wildman–Crippen LogP) is 1.32. The maximum atomic E-state index is 5.22. The fourth-order valence-corrected chi connectivity index (χ4v) is 3.51. The van der Waals surface area contributed by atoms with Gasteiger partial charge in [-0.25, -0.2) is 0 Å². The summed E-state index contributed by atoms with van der Waals surface area (Å²) < 4.78 is 10.4. The van der Waals surface area contributed by atoms with Crippen LogP contribution in [0, 0.1) is 11.8 Å². The fourth-order valence-electron chi connectivity index (χ4n) is 3.51. The molecule has 3 atom stereocenters. The van der Waals surface area contributed by atoms with Crippen LogP contribution >= 0.6 is 0 Å². The van der Waals surface area contributed by atoms with E-state index in [9.17, 15) is 0 Å². The molecule has 2 rings (SSSR count). The summed E-state index contributed by atoms with van der Waals surface area (Å²) in [7, 11) is 5.65. The van der Waals surface area contributed by atoms with Gasteiger partial charge in [-0.2, -0.15) is 0 Å². The Bertz CT molecular complexity index is 246. The molecule has 0 radical (unpaired) electrons.